The number of benzene rings is 1. The number of rotatable bonds is 7. The number of allylic oxidation sites excluding steroid dienone is 2. The molecule has 2 aliphatic carbocycles. The maximum atomic E-state index is 8.66. The number of aromatic nitrogens is 1. The Morgan fingerprint density at radius 2 is 2.07 bits per heavy atom. The van der Waals surface area contributed by atoms with Gasteiger partial charge >= 0.3 is 0 Å². The first-order valence-electron chi connectivity index (χ1n) is 10.6. The molecule has 0 spiro atoms. The summed E-state index contributed by atoms with van der Waals surface area (Å²) in [5.74, 6) is 1.20. The minimum absolute atomic E-state index is 0.574. The molecule has 0 amide bonds. The molecule has 4 rings (SSSR count). The van der Waals surface area contributed by atoms with E-state index >= 15 is 0 Å². The number of pyridine rings is 1. The molecule has 0 radical (unpaired) electrons. The Morgan fingerprint density at radius 1 is 1.21 bits per heavy atom. The number of hydrogen-bond acceptors (Lipinski definition) is 3. The lowest BCUT2D eigenvalue weighted by Gasteiger charge is -2.36. The van der Waals surface area contributed by atoms with E-state index in [1.807, 2.05) is 12.1 Å². The van der Waals surface area contributed by atoms with Crippen LogP contribution in [0.2, 0.25) is 5.02 Å². The summed E-state index contributed by atoms with van der Waals surface area (Å²) in [5, 5.41) is 14.4. The third kappa shape index (κ3) is 4.03. The lowest BCUT2D eigenvalue weighted by atomic mass is 9.71. The highest BCUT2D eigenvalue weighted by atomic mass is 35.5. The number of hydrogen-bond donors (Lipinski definition) is 1. The maximum absolute atomic E-state index is 8.66. The number of nitrogens with one attached hydrogen (secondary N) is 1. The summed E-state index contributed by atoms with van der Waals surface area (Å²) in [5.41, 5.74) is 6.51. The topological polar surface area (TPSA) is 48.7 Å². The third-order valence-electron chi connectivity index (χ3n) is 6.12. The van der Waals surface area contributed by atoms with Crippen LogP contribution in [0, 0.1) is 17.2 Å². The third-order valence-corrected chi connectivity index (χ3v) is 6.36. The van der Waals surface area contributed by atoms with Crippen molar-refractivity contribution in [2.24, 2.45) is 5.92 Å². The van der Waals surface area contributed by atoms with Crippen LogP contribution in [0.15, 0.2) is 29.8 Å². The number of halogens is 1. The van der Waals surface area contributed by atoms with Crippen LogP contribution in [0.1, 0.15) is 69.0 Å². The molecular weight excluding hydrogens is 366 g/mol. The molecule has 1 N–H and O–H groups in total. The molecule has 0 aliphatic heterocycles. The van der Waals surface area contributed by atoms with Crippen molar-refractivity contribution >= 4 is 28.2 Å². The Kier molecular flexibility index (Phi) is 5.87. The molecule has 146 valence electrons. The second-order valence-electron chi connectivity index (χ2n) is 8.37. The fourth-order valence-corrected chi connectivity index (χ4v) is 5.14. The van der Waals surface area contributed by atoms with E-state index in [0.29, 0.717) is 18.3 Å². The number of fused-ring (bicyclic) bond motifs is 5. The Balaban J connectivity index is 1.61. The van der Waals surface area contributed by atoms with Gasteiger partial charge in [-0.1, -0.05) is 36.1 Å². The lowest BCUT2D eigenvalue weighted by Crippen LogP contribution is -2.24. The van der Waals surface area contributed by atoms with Gasteiger partial charge in [0.1, 0.15) is 0 Å². The fourth-order valence-electron chi connectivity index (χ4n) is 4.97. The van der Waals surface area contributed by atoms with Crippen molar-refractivity contribution in [2.75, 3.05) is 11.9 Å². The van der Waals surface area contributed by atoms with Gasteiger partial charge in [-0.25, -0.2) is 0 Å². The molecule has 2 aliphatic rings. The highest BCUT2D eigenvalue weighted by Gasteiger charge is 2.33. The van der Waals surface area contributed by atoms with E-state index in [-0.39, 0.29) is 0 Å². The summed E-state index contributed by atoms with van der Waals surface area (Å²) in [7, 11) is 0. The molecular formula is C24H28ClN3. The average molecular weight is 394 g/mol. The molecule has 1 aromatic carbocycles. The lowest BCUT2D eigenvalue weighted by molar-refractivity contribution is 0.433. The van der Waals surface area contributed by atoms with Gasteiger partial charge in [0.25, 0.3) is 0 Å². The van der Waals surface area contributed by atoms with E-state index in [4.69, 9.17) is 21.8 Å². The Morgan fingerprint density at radius 3 is 2.93 bits per heavy atom. The van der Waals surface area contributed by atoms with E-state index in [0.717, 1.165) is 49.2 Å². The molecule has 0 saturated carbocycles. The highest BCUT2D eigenvalue weighted by Crippen LogP contribution is 2.47. The van der Waals surface area contributed by atoms with Crippen LogP contribution in [-0.2, 0) is 6.42 Å². The number of anilines is 1. The highest BCUT2D eigenvalue weighted by molar-refractivity contribution is 6.31. The largest absolute Gasteiger partial charge is 0.384 e. The molecule has 2 unspecified atom stereocenters. The van der Waals surface area contributed by atoms with Crippen LogP contribution in [0.25, 0.3) is 10.9 Å². The SMILES string of the molecule is CC1=CC2Cc3nc4cc(Cl)ccc4c(NCCCCCCC#N)c3C(C1)C2. The molecule has 2 bridgehead atoms. The second-order valence-corrected chi connectivity index (χ2v) is 8.81. The molecule has 1 heterocycles. The second kappa shape index (κ2) is 8.53. The van der Waals surface area contributed by atoms with E-state index < -0.39 is 0 Å². The Labute approximate surface area is 172 Å². The van der Waals surface area contributed by atoms with Crippen molar-refractivity contribution < 1.29 is 0 Å². The molecule has 2 atom stereocenters. The van der Waals surface area contributed by atoms with E-state index in [2.05, 4.69) is 30.5 Å². The van der Waals surface area contributed by atoms with Crippen LogP contribution >= 0.6 is 11.6 Å². The first-order valence-corrected chi connectivity index (χ1v) is 10.9. The van der Waals surface area contributed by atoms with Gasteiger partial charge in [-0.15, -0.1) is 0 Å². The maximum Gasteiger partial charge on any atom is 0.0741 e. The summed E-state index contributed by atoms with van der Waals surface area (Å²) in [6, 6.07) is 8.32. The van der Waals surface area contributed by atoms with Gasteiger partial charge in [0.05, 0.1) is 11.6 Å². The summed E-state index contributed by atoms with van der Waals surface area (Å²) in [6.45, 7) is 3.23. The number of unbranched alkanes of at least 4 members (excludes halogenated alkanes) is 4. The summed E-state index contributed by atoms with van der Waals surface area (Å²) < 4.78 is 0. The molecule has 1 aromatic heterocycles. The predicted octanol–water partition coefficient (Wildman–Crippen LogP) is 6.77. The Bertz CT molecular complexity index is 941. The van der Waals surface area contributed by atoms with E-state index in [1.165, 1.54) is 40.7 Å². The standard InChI is InChI=1S/C24H28ClN3/c1-16-11-17-13-18(12-16)23-22(14-17)28-21-15-19(25)7-8-20(21)24(23)27-10-6-4-2-3-5-9-26/h7-8,11,15,17-18H,2-6,10,12-14H2,1H3,(H,27,28). The van der Waals surface area contributed by atoms with Crippen LogP contribution in [0.5, 0.6) is 0 Å². The first-order chi connectivity index (χ1) is 13.7. The van der Waals surface area contributed by atoms with Gasteiger partial charge in [-0.3, -0.25) is 4.98 Å². The number of nitrogens with zero attached hydrogens (tertiary/aromatic N) is 2. The zero-order chi connectivity index (χ0) is 19.5. The minimum Gasteiger partial charge on any atom is -0.384 e. The fraction of sp³-hybridized carbons (Fsp3) is 0.500. The first kappa shape index (κ1) is 19.3. The summed E-state index contributed by atoms with van der Waals surface area (Å²) in [6.07, 6.45) is 11.0. The Hall–Kier alpha value is -2.05. The quantitative estimate of drug-likeness (QED) is 0.417. The van der Waals surface area contributed by atoms with E-state index in [9.17, 15) is 0 Å². The number of nitriles is 1. The molecule has 3 nitrogen and oxygen atoms in total. The van der Waals surface area contributed by atoms with Crippen molar-refractivity contribution in [2.45, 2.75) is 64.2 Å². The molecule has 28 heavy (non-hydrogen) atoms. The van der Waals surface area contributed by atoms with Gasteiger partial charge in [0, 0.05) is 40.3 Å². The minimum atomic E-state index is 0.574. The predicted molar refractivity (Wildman–Crippen MR) is 117 cm³/mol. The van der Waals surface area contributed by atoms with Crippen molar-refractivity contribution in [1.82, 2.24) is 4.98 Å². The van der Waals surface area contributed by atoms with Gasteiger partial charge in [0.15, 0.2) is 0 Å². The van der Waals surface area contributed by atoms with Crippen molar-refractivity contribution in [3.63, 3.8) is 0 Å². The average Bonchev–Trinajstić information content (AvgIpc) is 2.65. The molecule has 4 heteroatoms. The molecule has 0 saturated heterocycles. The van der Waals surface area contributed by atoms with Crippen molar-refractivity contribution in [1.29, 1.82) is 5.26 Å². The van der Waals surface area contributed by atoms with Gasteiger partial charge in [-0.05, 0) is 69.1 Å². The summed E-state index contributed by atoms with van der Waals surface area (Å²) in [4.78, 5) is 5.04. The summed E-state index contributed by atoms with van der Waals surface area (Å²) >= 11 is 6.26. The van der Waals surface area contributed by atoms with Gasteiger partial charge in [0.2, 0.25) is 0 Å². The van der Waals surface area contributed by atoms with Gasteiger partial charge in [-0.2, -0.15) is 5.26 Å². The van der Waals surface area contributed by atoms with Crippen molar-refractivity contribution in [3.8, 4) is 6.07 Å². The van der Waals surface area contributed by atoms with Gasteiger partial charge < -0.3 is 5.32 Å². The normalized spacial score (nSPS) is 20.4. The van der Waals surface area contributed by atoms with Crippen LogP contribution in [0.3, 0.4) is 0 Å². The van der Waals surface area contributed by atoms with Crippen LogP contribution in [-0.4, -0.2) is 11.5 Å². The van der Waals surface area contributed by atoms with Crippen LogP contribution < -0.4 is 5.32 Å². The monoisotopic (exact) mass is 393 g/mol. The van der Waals surface area contributed by atoms with Crippen LogP contribution in [0.4, 0.5) is 5.69 Å². The molecule has 2 aromatic rings. The zero-order valence-electron chi connectivity index (χ0n) is 16.6. The smallest absolute Gasteiger partial charge is 0.0741 e. The zero-order valence-corrected chi connectivity index (χ0v) is 17.4. The van der Waals surface area contributed by atoms with Crippen molar-refractivity contribution in [3.05, 3.63) is 46.1 Å². The molecule has 0 fully saturated rings. The van der Waals surface area contributed by atoms with E-state index in [1.54, 1.807) is 0 Å².